The first-order valence-corrected chi connectivity index (χ1v) is 5.19. The first kappa shape index (κ1) is 11.9. The van der Waals surface area contributed by atoms with E-state index in [0.29, 0.717) is 0 Å². The van der Waals surface area contributed by atoms with Crippen LogP contribution >= 0.6 is 0 Å². The molecule has 0 aromatic heterocycles. The molecule has 0 aliphatic heterocycles. The Kier molecular flexibility index (Phi) is 4.43. The molecule has 84 valence electrons. The van der Waals surface area contributed by atoms with E-state index in [1.807, 2.05) is 19.9 Å². The number of ether oxygens (including phenoxy) is 1. The van der Waals surface area contributed by atoms with Crippen LogP contribution in [0.5, 0.6) is 5.75 Å². The standard InChI is InChI=1S/C12H19NO2/c1-9-8-12(15-3)10(2)7-11(9)13-5-4-6-14/h7-8,13-14H,4-6H2,1-3H3. The van der Waals surface area contributed by atoms with E-state index >= 15 is 0 Å². The average Bonchev–Trinajstić information content (AvgIpc) is 2.23. The van der Waals surface area contributed by atoms with E-state index < -0.39 is 0 Å². The maximum atomic E-state index is 8.69. The van der Waals surface area contributed by atoms with Gasteiger partial charge in [-0.25, -0.2) is 0 Å². The summed E-state index contributed by atoms with van der Waals surface area (Å²) in [5, 5.41) is 12.0. The summed E-state index contributed by atoms with van der Waals surface area (Å²) in [6.45, 7) is 5.09. The van der Waals surface area contributed by atoms with Gasteiger partial charge in [0.05, 0.1) is 7.11 Å². The van der Waals surface area contributed by atoms with E-state index in [-0.39, 0.29) is 6.61 Å². The number of methoxy groups -OCH3 is 1. The third-order valence-electron chi connectivity index (χ3n) is 2.39. The normalized spacial score (nSPS) is 10.1. The molecule has 0 aliphatic rings. The smallest absolute Gasteiger partial charge is 0.122 e. The van der Waals surface area contributed by atoms with Crippen molar-refractivity contribution in [1.82, 2.24) is 0 Å². The van der Waals surface area contributed by atoms with Crippen molar-refractivity contribution in [3.8, 4) is 5.75 Å². The second-order valence-electron chi connectivity index (χ2n) is 3.64. The van der Waals surface area contributed by atoms with E-state index in [1.54, 1.807) is 7.11 Å². The van der Waals surface area contributed by atoms with Gasteiger partial charge in [0.1, 0.15) is 5.75 Å². The SMILES string of the molecule is COc1cc(C)c(NCCCO)cc1C. The Bertz CT molecular complexity index is 324. The van der Waals surface area contributed by atoms with Crippen LogP contribution in [0.2, 0.25) is 0 Å². The van der Waals surface area contributed by atoms with Gasteiger partial charge >= 0.3 is 0 Å². The lowest BCUT2D eigenvalue weighted by Crippen LogP contribution is -2.05. The monoisotopic (exact) mass is 209 g/mol. The molecule has 0 aliphatic carbocycles. The molecule has 0 atom stereocenters. The van der Waals surface area contributed by atoms with Gasteiger partial charge in [0.25, 0.3) is 0 Å². The Hall–Kier alpha value is -1.22. The van der Waals surface area contributed by atoms with Crippen molar-refractivity contribution in [2.45, 2.75) is 20.3 Å². The molecule has 0 saturated heterocycles. The van der Waals surface area contributed by atoms with Crippen molar-refractivity contribution >= 4 is 5.69 Å². The fraction of sp³-hybridized carbons (Fsp3) is 0.500. The second-order valence-corrected chi connectivity index (χ2v) is 3.64. The molecule has 0 amide bonds. The third kappa shape index (κ3) is 3.13. The molecule has 0 bridgehead atoms. The molecule has 0 fully saturated rings. The molecular weight excluding hydrogens is 190 g/mol. The number of aryl methyl sites for hydroxylation is 2. The number of hydrogen-bond acceptors (Lipinski definition) is 3. The lowest BCUT2D eigenvalue weighted by molar-refractivity contribution is 0.292. The summed E-state index contributed by atoms with van der Waals surface area (Å²) in [6.07, 6.45) is 0.768. The molecule has 3 heteroatoms. The van der Waals surface area contributed by atoms with Crippen LogP contribution in [-0.4, -0.2) is 25.4 Å². The zero-order valence-electron chi connectivity index (χ0n) is 9.63. The first-order chi connectivity index (χ1) is 7.19. The predicted octanol–water partition coefficient (Wildman–Crippen LogP) is 2.11. The number of aliphatic hydroxyl groups excluding tert-OH is 1. The number of rotatable bonds is 5. The Morgan fingerprint density at radius 3 is 2.60 bits per heavy atom. The van der Waals surface area contributed by atoms with Crippen molar-refractivity contribution in [3.05, 3.63) is 23.3 Å². The number of benzene rings is 1. The molecular formula is C12H19NO2. The molecule has 15 heavy (non-hydrogen) atoms. The maximum absolute atomic E-state index is 8.69. The van der Waals surface area contributed by atoms with Gasteiger partial charge in [-0.3, -0.25) is 0 Å². The van der Waals surface area contributed by atoms with Crippen LogP contribution in [0, 0.1) is 13.8 Å². The summed E-state index contributed by atoms with van der Waals surface area (Å²) in [5.74, 6) is 0.917. The fourth-order valence-electron chi connectivity index (χ4n) is 1.50. The minimum atomic E-state index is 0.223. The highest BCUT2D eigenvalue weighted by molar-refractivity contribution is 5.56. The van der Waals surface area contributed by atoms with Crippen molar-refractivity contribution in [2.75, 3.05) is 25.6 Å². The van der Waals surface area contributed by atoms with E-state index in [4.69, 9.17) is 9.84 Å². The third-order valence-corrected chi connectivity index (χ3v) is 2.39. The molecule has 1 aromatic carbocycles. The molecule has 0 spiro atoms. The van der Waals surface area contributed by atoms with Gasteiger partial charge in [-0.2, -0.15) is 0 Å². The summed E-state index contributed by atoms with van der Waals surface area (Å²) < 4.78 is 5.24. The van der Waals surface area contributed by atoms with Crippen LogP contribution in [0.3, 0.4) is 0 Å². The summed E-state index contributed by atoms with van der Waals surface area (Å²) >= 11 is 0. The summed E-state index contributed by atoms with van der Waals surface area (Å²) in [7, 11) is 1.68. The van der Waals surface area contributed by atoms with Gasteiger partial charge in [0, 0.05) is 18.8 Å². The number of anilines is 1. The Morgan fingerprint density at radius 2 is 2.00 bits per heavy atom. The van der Waals surface area contributed by atoms with Gasteiger partial charge in [0.15, 0.2) is 0 Å². The molecule has 1 aromatic rings. The summed E-state index contributed by atoms with van der Waals surface area (Å²) in [6, 6.07) is 4.10. The highest BCUT2D eigenvalue weighted by Gasteiger charge is 2.03. The van der Waals surface area contributed by atoms with E-state index in [0.717, 1.165) is 35.5 Å². The minimum absolute atomic E-state index is 0.223. The minimum Gasteiger partial charge on any atom is -0.496 e. The largest absolute Gasteiger partial charge is 0.496 e. The highest BCUT2D eigenvalue weighted by Crippen LogP contribution is 2.25. The van der Waals surface area contributed by atoms with Crippen LogP contribution in [0.1, 0.15) is 17.5 Å². The topological polar surface area (TPSA) is 41.5 Å². The second kappa shape index (κ2) is 5.61. The van der Waals surface area contributed by atoms with Gasteiger partial charge in [-0.05, 0) is 43.5 Å². The van der Waals surface area contributed by atoms with Crippen LogP contribution in [-0.2, 0) is 0 Å². The maximum Gasteiger partial charge on any atom is 0.122 e. The number of nitrogens with one attached hydrogen (secondary N) is 1. The predicted molar refractivity (Wildman–Crippen MR) is 62.7 cm³/mol. The summed E-state index contributed by atoms with van der Waals surface area (Å²) in [4.78, 5) is 0. The number of hydrogen-bond donors (Lipinski definition) is 2. The van der Waals surface area contributed by atoms with Gasteiger partial charge in [-0.15, -0.1) is 0 Å². The van der Waals surface area contributed by atoms with Crippen LogP contribution in [0.25, 0.3) is 0 Å². The lowest BCUT2D eigenvalue weighted by atomic mass is 10.1. The van der Waals surface area contributed by atoms with Gasteiger partial charge < -0.3 is 15.2 Å². The quantitative estimate of drug-likeness (QED) is 0.730. The van der Waals surface area contributed by atoms with Crippen LogP contribution in [0.4, 0.5) is 5.69 Å². The van der Waals surface area contributed by atoms with Crippen LogP contribution in [0.15, 0.2) is 12.1 Å². The molecule has 1 rings (SSSR count). The molecule has 0 saturated carbocycles. The molecule has 3 nitrogen and oxygen atoms in total. The molecule has 2 N–H and O–H groups in total. The molecule has 0 unspecified atom stereocenters. The zero-order chi connectivity index (χ0) is 11.3. The number of aliphatic hydroxyl groups is 1. The van der Waals surface area contributed by atoms with Crippen molar-refractivity contribution < 1.29 is 9.84 Å². The van der Waals surface area contributed by atoms with Gasteiger partial charge in [0.2, 0.25) is 0 Å². The van der Waals surface area contributed by atoms with Crippen LogP contribution < -0.4 is 10.1 Å². The molecule has 0 heterocycles. The fourth-order valence-corrected chi connectivity index (χ4v) is 1.50. The highest BCUT2D eigenvalue weighted by atomic mass is 16.5. The summed E-state index contributed by atoms with van der Waals surface area (Å²) in [5.41, 5.74) is 3.40. The zero-order valence-corrected chi connectivity index (χ0v) is 9.63. The van der Waals surface area contributed by atoms with Crippen molar-refractivity contribution in [3.63, 3.8) is 0 Å². The Balaban J connectivity index is 2.76. The van der Waals surface area contributed by atoms with Gasteiger partial charge in [-0.1, -0.05) is 0 Å². The lowest BCUT2D eigenvalue weighted by Gasteiger charge is -2.12. The van der Waals surface area contributed by atoms with E-state index in [9.17, 15) is 0 Å². The average molecular weight is 209 g/mol. The van der Waals surface area contributed by atoms with E-state index in [1.165, 1.54) is 0 Å². The molecule has 0 radical (unpaired) electrons. The van der Waals surface area contributed by atoms with Crippen molar-refractivity contribution in [2.24, 2.45) is 0 Å². The Morgan fingerprint density at radius 1 is 1.27 bits per heavy atom. The van der Waals surface area contributed by atoms with Crippen molar-refractivity contribution in [1.29, 1.82) is 0 Å². The van der Waals surface area contributed by atoms with E-state index in [2.05, 4.69) is 11.4 Å². The first-order valence-electron chi connectivity index (χ1n) is 5.19. The Labute approximate surface area is 91.1 Å².